The highest BCUT2D eigenvalue weighted by Crippen LogP contribution is 2.12. The molecule has 0 spiro atoms. The Labute approximate surface area is 115 Å². The molecule has 110 valence electrons. The number of amides is 2. The van der Waals surface area contributed by atoms with Gasteiger partial charge in [-0.3, -0.25) is 14.3 Å². The molecule has 8 nitrogen and oxygen atoms in total. The summed E-state index contributed by atoms with van der Waals surface area (Å²) in [5, 5.41) is 15.5. The Morgan fingerprint density at radius 2 is 2.00 bits per heavy atom. The number of carboxylic acids is 1. The minimum atomic E-state index is -1.21. The first kappa shape index (κ1) is 15.7. The molecule has 4 N–H and O–H groups in total. The SMILES string of the molecule is Cc1nn(C)c(C)c1C(=O)NC(CCC(N)=O)C(=O)O. The van der Waals surface area contributed by atoms with Crippen LogP contribution in [0.25, 0.3) is 0 Å². The summed E-state index contributed by atoms with van der Waals surface area (Å²) >= 11 is 0. The highest BCUT2D eigenvalue weighted by Gasteiger charge is 2.24. The maximum absolute atomic E-state index is 12.1. The van der Waals surface area contributed by atoms with E-state index in [-0.39, 0.29) is 12.8 Å². The Morgan fingerprint density at radius 3 is 2.40 bits per heavy atom. The number of carboxylic acid groups (broad SMARTS) is 1. The third-order valence-electron chi connectivity index (χ3n) is 3.02. The highest BCUT2D eigenvalue weighted by atomic mass is 16.4. The number of aliphatic carboxylic acids is 1. The van der Waals surface area contributed by atoms with Crippen molar-refractivity contribution in [2.45, 2.75) is 32.7 Å². The van der Waals surface area contributed by atoms with Crippen LogP contribution in [-0.2, 0) is 16.6 Å². The molecule has 8 heteroatoms. The molecule has 1 aromatic rings. The van der Waals surface area contributed by atoms with Crippen molar-refractivity contribution < 1.29 is 19.5 Å². The fourth-order valence-electron chi connectivity index (χ4n) is 1.88. The number of aryl methyl sites for hydroxylation is 2. The molecule has 1 atom stereocenters. The van der Waals surface area contributed by atoms with Crippen LogP contribution in [-0.4, -0.2) is 38.7 Å². The molecule has 0 saturated carbocycles. The summed E-state index contributed by atoms with van der Waals surface area (Å²) in [5.41, 5.74) is 6.48. The van der Waals surface area contributed by atoms with Crippen molar-refractivity contribution in [1.82, 2.24) is 15.1 Å². The summed E-state index contributed by atoms with van der Waals surface area (Å²) in [5.74, 6) is -2.34. The number of carbonyl (C=O) groups is 3. The molecular weight excluding hydrogens is 264 g/mol. The molecule has 0 aliphatic heterocycles. The van der Waals surface area contributed by atoms with Gasteiger partial charge in [0.25, 0.3) is 5.91 Å². The second-order valence-corrected chi connectivity index (χ2v) is 4.54. The number of aromatic nitrogens is 2. The van der Waals surface area contributed by atoms with Crippen molar-refractivity contribution in [3.63, 3.8) is 0 Å². The van der Waals surface area contributed by atoms with E-state index >= 15 is 0 Å². The van der Waals surface area contributed by atoms with Gasteiger partial charge in [-0.15, -0.1) is 0 Å². The van der Waals surface area contributed by atoms with E-state index in [0.717, 1.165) is 0 Å². The van der Waals surface area contributed by atoms with Crippen LogP contribution in [0.3, 0.4) is 0 Å². The largest absolute Gasteiger partial charge is 0.480 e. The number of carbonyl (C=O) groups excluding carboxylic acids is 2. The van der Waals surface area contributed by atoms with Crippen molar-refractivity contribution in [3.8, 4) is 0 Å². The highest BCUT2D eigenvalue weighted by molar-refractivity contribution is 5.98. The van der Waals surface area contributed by atoms with E-state index < -0.39 is 23.8 Å². The van der Waals surface area contributed by atoms with E-state index in [1.54, 1.807) is 25.6 Å². The number of nitrogens with one attached hydrogen (secondary N) is 1. The molecule has 0 aliphatic carbocycles. The van der Waals surface area contributed by atoms with Crippen molar-refractivity contribution in [3.05, 3.63) is 17.0 Å². The van der Waals surface area contributed by atoms with Crippen molar-refractivity contribution in [1.29, 1.82) is 0 Å². The van der Waals surface area contributed by atoms with Gasteiger partial charge in [0.2, 0.25) is 5.91 Å². The van der Waals surface area contributed by atoms with Crippen LogP contribution in [0.5, 0.6) is 0 Å². The first-order valence-corrected chi connectivity index (χ1v) is 6.06. The third kappa shape index (κ3) is 3.56. The van der Waals surface area contributed by atoms with Gasteiger partial charge in [-0.25, -0.2) is 4.79 Å². The normalized spacial score (nSPS) is 11.9. The molecule has 0 bridgehead atoms. The molecule has 1 aromatic heterocycles. The van der Waals surface area contributed by atoms with Gasteiger partial charge in [0, 0.05) is 19.2 Å². The van der Waals surface area contributed by atoms with E-state index in [4.69, 9.17) is 10.8 Å². The zero-order valence-corrected chi connectivity index (χ0v) is 11.6. The minimum Gasteiger partial charge on any atom is -0.480 e. The molecule has 0 saturated heterocycles. The van der Waals surface area contributed by atoms with Gasteiger partial charge < -0.3 is 16.2 Å². The Morgan fingerprint density at radius 1 is 1.40 bits per heavy atom. The van der Waals surface area contributed by atoms with E-state index in [1.807, 2.05) is 0 Å². The standard InChI is InChI=1S/C12H18N4O4/c1-6-10(7(2)16(3)15-6)11(18)14-8(12(19)20)4-5-9(13)17/h8H,4-5H2,1-3H3,(H2,13,17)(H,14,18)(H,19,20). The molecular formula is C12H18N4O4. The lowest BCUT2D eigenvalue weighted by atomic mass is 10.1. The average molecular weight is 282 g/mol. The zero-order chi connectivity index (χ0) is 15.4. The Hall–Kier alpha value is -2.38. The number of nitrogens with two attached hydrogens (primary N) is 1. The second-order valence-electron chi connectivity index (χ2n) is 4.54. The number of hydrogen-bond acceptors (Lipinski definition) is 4. The van der Waals surface area contributed by atoms with Crippen molar-refractivity contribution in [2.75, 3.05) is 0 Å². The molecule has 0 aliphatic rings. The number of hydrogen-bond donors (Lipinski definition) is 3. The molecule has 0 aromatic carbocycles. The molecule has 20 heavy (non-hydrogen) atoms. The van der Waals surface area contributed by atoms with Crippen LogP contribution in [0.4, 0.5) is 0 Å². The van der Waals surface area contributed by atoms with E-state index in [0.29, 0.717) is 17.0 Å². The van der Waals surface area contributed by atoms with Gasteiger partial charge in [0.15, 0.2) is 0 Å². The molecule has 0 radical (unpaired) electrons. The van der Waals surface area contributed by atoms with Crippen molar-refractivity contribution in [2.24, 2.45) is 12.8 Å². The first-order valence-electron chi connectivity index (χ1n) is 6.06. The maximum atomic E-state index is 12.1. The Kier molecular flexibility index (Phi) is 4.84. The van der Waals surface area contributed by atoms with Gasteiger partial charge in [0.1, 0.15) is 6.04 Å². The lowest BCUT2D eigenvalue weighted by molar-refractivity contribution is -0.139. The molecule has 1 rings (SSSR count). The average Bonchev–Trinajstić information content (AvgIpc) is 2.58. The van der Waals surface area contributed by atoms with Crippen LogP contribution in [0.15, 0.2) is 0 Å². The van der Waals surface area contributed by atoms with Gasteiger partial charge in [0.05, 0.1) is 11.3 Å². The number of nitrogens with zero attached hydrogens (tertiary/aromatic N) is 2. The minimum absolute atomic E-state index is 0.0469. The van der Waals surface area contributed by atoms with Crippen LogP contribution in [0.2, 0.25) is 0 Å². The van der Waals surface area contributed by atoms with Gasteiger partial charge in [-0.2, -0.15) is 5.10 Å². The van der Waals surface area contributed by atoms with Crippen LogP contribution < -0.4 is 11.1 Å². The van der Waals surface area contributed by atoms with Crippen LogP contribution in [0, 0.1) is 13.8 Å². The number of primary amides is 1. The van der Waals surface area contributed by atoms with Crippen molar-refractivity contribution >= 4 is 17.8 Å². The van der Waals surface area contributed by atoms with Crippen LogP contribution in [0.1, 0.15) is 34.6 Å². The lowest BCUT2D eigenvalue weighted by Crippen LogP contribution is -2.41. The van der Waals surface area contributed by atoms with Crippen LogP contribution >= 0.6 is 0 Å². The lowest BCUT2D eigenvalue weighted by Gasteiger charge is -2.13. The maximum Gasteiger partial charge on any atom is 0.326 e. The predicted molar refractivity (Wildman–Crippen MR) is 70.0 cm³/mol. The van der Waals surface area contributed by atoms with E-state index in [1.165, 1.54) is 0 Å². The Balaban J connectivity index is 2.85. The second kappa shape index (κ2) is 6.18. The summed E-state index contributed by atoms with van der Waals surface area (Å²) in [6.07, 6.45) is -0.156. The first-order chi connectivity index (χ1) is 9.23. The van der Waals surface area contributed by atoms with Gasteiger partial charge in [-0.1, -0.05) is 0 Å². The summed E-state index contributed by atoms with van der Waals surface area (Å²) < 4.78 is 1.55. The molecule has 1 unspecified atom stereocenters. The van der Waals surface area contributed by atoms with E-state index in [9.17, 15) is 14.4 Å². The zero-order valence-electron chi connectivity index (χ0n) is 11.6. The third-order valence-corrected chi connectivity index (χ3v) is 3.02. The monoisotopic (exact) mass is 282 g/mol. The fraction of sp³-hybridized carbons (Fsp3) is 0.500. The smallest absolute Gasteiger partial charge is 0.326 e. The summed E-state index contributed by atoms with van der Waals surface area (Å²) in [6, 6.07) is -1.16. The number of rotatable bonds is 6. The van der Waals surface area contributed by atoms with Gasteiger partial charge >= 0.3 is 5.97 Å². The van der Waals surface area contributed by atoms with E-state index in [2.05, 4.69) is 10.4 Å². The van der Waals surface area contributed by atoms with Gasteiger partial charge in [-0.05, 0) is 20.3 Å². The summed E-state index contributed by atoms with van der Waals surface area (Å²) in [4.78, 5) is 33.9. The predicted octanol–water partition coefficient (Wildman–Crippen LogP) is -0.515. The topological polar surface area (TPSA) is 127 Å². The summed E-state index contributed by atoms with van der Waals surface area (Å²) in [6.45, 7) is 3.38. The fourth-order valence-corrected chi connectivity index (χ4v) is 1.88. The summed E-state index contributed by atoms with van der Waals surface area (Å²) in [7, 11) is 1.70. The molecule has 0 fully saturated rings. The Bertz CT molecular complexity index is 550. The molecule has 1 heterocycles. The molecule has 2 amide bonds. The quantitative estimate of drug-likeness (QED) is 0.647.